The van der Waals surface area contributed by atoms with E-state index in [0.717, 1.165) is 24.9 Å². The zero-order valence-electron chi connectivity index (χ0n) is 13.2. The van der Waals surface area contributed by atoms with Gasteiger partial charge in [0.2, 0.25) is 0 Å². The molecule has 3 heteroatoms. The normalized spacial score (nSPS) is 20.2. The third kappa shape index (κ3) is 4.98. The van der Waals surface area contributed by atoms with E-state index in [0.29, 0.717) is 0 Å². The van der Waals surface area contributed by atoms with Crippen molar-refractivity contribution in [2.75, 3.05) is 19.6 Å². The van der Waals surface area contributed by atoms with Crippen molar-refractivity contribution < 1.29 is 0 Å². The predicted octanol–water partition coefficient (Wildman–Crippen LogP) is 3.63. The smallest absolute Gasteiger partial charge is 0.0236 e. The van der Waals surface area contributed by atoms with Gasteiger partial charge in [-0.05, 0) is 68.8 Å². The minimum Gasteiger partial charge on any atom is -0.314 e. The lowest BCUT2D eigenvalue weighted by Crippen LogP contribution is -2.42. The fraction of sp³-hybridized carbons (Fsp3) is 0.667. The number of hydrogen-bond donors (Lipinski definition) is 1. The number of hydrogen-bond acceptors (Lipinski definition) is 2. The first kappa shape index (κ1) is 16.8. The summed E-state index contributed by atoms with van der Waals surface area (Å²) in [6, 6.07) is 9.69. The van der Waals surface area contributed by atoms with Gasteiger partial charge in [-0.1, -0.05) is 31.2 Å². The zero-order chi connectivity index (χ0) is 13.8. The average Bonchev–Trinajstić information content (AvgIpc) is 3.31. The summed E-state index contributed by atoms with van der Waals surface area (Å²) in [6.45, 7) is 7.16. The van der Waals surface area contributed by atoms with Crippen molar-refractivity contribution in [2.45, 2.75) is 51.6 Å². The average molecular weight is 309 g/mol. The topological polar surface area (TPSA) is 15.3 Å². The maximum absolute atomic E-state index is 3.76. The lowest BCUT2D eigenvalue weighted by molar-refractivity contribution is 0.190. The maximum atomic E-state index is 3.76. The van der Waals surface area contributed by atoms with E-state index in [9.17, 15) is 0 Å². The van der Waals surface area contributed by atoms with Crippen LogP contribution in [0.2, 0.25) is 0 Å². The molecule has 0 amide bonds. The molecule has 1 aliphatic heterocycles. The summed E-state index contributed by atoms with van der Waals surface area (Å²) in [6.07, 6.45) is 6.71. The number of rotatable bonds is 6. The van der Waals surface area contributed by atoms with E-state index in [1.165, 1.54) is 56.4 Å². The van der Waals surface area contributed by atoms with Gasteiger partial charge < -0.3 is 5.32 Å². The largest absolute Gasteiger partial charge is 0.314 e. The Kier molecular flexibility index (Phi) is 6.53. The van der Waals surface area contributed by atoms with Crippen LogP contribution in [-0.4, -0.2) is 30.6 Å². The van der Waals surface area contributed by atoms with Crippen LogP contribution in [0.4, 0.5) is 0 Å². The first-order valence-electron chi connectivity index (χ1n) is 8.37. The van der Waals surface area contributed by atoms with Crippen LogP contribution in [0.15, 0.2) is 24.3 Å². The molecule has 1 heterocycles. The van der Waals surface area contributed by atoms with Crippen molar-refractivity contribution in [1.29, 1.82) is 0 Å². The number of benzene rings is 1. The van der Waals surface area contributed by atoms with Gasteiger partial charge >= 0.3 is 0 Å². The second kappa shape index (κ2) is 8.17. The molecule has 1 saturated heterocycles. The Labute approximate surface area is 135 Å². The quantitative estimate of drug-likeness (QED) is 0.863. The van der Waals surface area contributed by atoms with Gasteiger partial charge in [-0.15, -0.1) is 12.4 Å². The SMILES string of the molecule is CCc1ccccc1CN1CCC(NCC2CC2)CC1.Cl. The van der Waals surface area contributed by atoms with Crippen LogP contribution >= 0.6 is 12.4 Å². The Morgan fingerprint density at radius 3 is 2.33 bits per heavy atom. The number of halogens is 1. The molecule has 1 N–H and O–H groups in total. The molecule has 21 heavy (non-hydrogen) atoms. The van der Waals surface area contributed by atoms with Crippen LogP contribution < -0.4 is 5.32 Å². The molecular weight excluding hydrogens is 280 g/mol. The first-order chi connectivity index (χ1) is 9.85. The number of nitrogens with zero attached hydrogens (tertiary/aromatic N) is 1. The van der Waals surface area contributed by atoms with E-state index in [2.05, 4.69) is 41.4 Å². The summed E-state index contributed by atoms with van der Waals surface area (Å²) in [5.74, 6) is 1.00. The molecule has 1 saturated carbocycles. The monoisotopic (exact) mass is 308 g/mol. The van der Waals surface area contributed by atoms with E-state index in [1.807, 2.05) is 0 Å². The lowest BCUT2D eigenvalue weighted by atomic mass is 10.0. The van der Waals surface area contributed by atoms with E-state index in [4.69, 9.17) is 0 Å². The van der Waals surface area contributed by atoms with Gasteiger partial charge in [0.1, 0.15) is 0 Å². The lowest BCUT2D eigenvalue weighted by Gasteiger charge is -2.33. The maximum Gasteiger partial charge on any atom is 0.0236 e. The molecule has 118 valence electrons. The standard InChI is InChI=1S/C18H28N2.ClH/c1-2-16-5-3-4-6-17(16)14-20-11-9-18(10-12-20)19-13-15-7-8-15;/h3-6,15,18-19H,2,7-14H2,1H3;1H. The van der Waals surface area contributed by atoms with Gasteiger partial charge in [0, 0.05) is 12.6 Å². The first-order valence-corrected chi connectivity index (χ1v) is 8.37. The summed E-state index contributed by atoms with van der Waals surface area (Å²) in [5.41, 5.74) is 3.04. The molecule has 0 radical (unpaired) electrons. The van der Waals surface area contributed by atoms with Gasteiger partial charge in [-0.3, -0.25) is 4.90 Å². The molecule has 1 aromatic carbocycles. The van der Waals surface area contributed by atoms with Crippen molar-refractivity contribution in [3.05, 3.63) is 35.4 Å². The second-order valence-corrected chi connectivity index (χ2v) is 6.52. The molecule has 0 aromatic heterocycles. The molecule has 1 aromatic rings. The highest BCUT2D eigenvalue weighted by molar-refractivity contribution is 5.85. The Balaban J connectivity index is 0.00000161. The predicted molar refractivity (Wildman–Crippen MR) is 92.1 cm³/mol. The van der Waals surface area contributed by atoms with Gasteiger partial charge in [-0.2, -0.15) is 0 Å². The molecule has 0 bridgehead atoms. The van der Waals surface area contributed by atoms with Gasteiger partial charge in [0.25, 0.3) is 0 Å². The highest BCUT2D eigenvalue weighted by atomic mass is 35.5. The fourth-order valence-electron chi connectivity index (χ4n) is 3.25. The number of nitrogens with one attached hydrogen (secondary N) is 1. The van der Waals surface area contributed by atoms with E-state index in [1.54, 1.807) is 0 Å². The van der Waals surface area contributed by atoms with Gasteiger partial charge in [-0.25, -0.2) is 0 Å². The Hall–Kier alpha value is -0.570. The van der Waals surface area contributed by atoms with Crippen LogP contribution in [0, 0.1) is 5.92 Å². The van der Waals surface area contributed by atoms with Crippen molar-refractivity contribution in [3.8, 4) is 0 Å². The molecule has 1 aliphatic carbocycles. The second-order valence-electron chi connectivity index (χ2n) is 6.52. The third-order valence-corrected chi connectivity index (χ3v) is 4.87. The van der Waals surface area contributed by atoms with Gasteiger partial charge in [0.15, 0.2) is 0 Å². The van der Waals surface area contributed by atoms with Crippen LogP contribution in [0.25, 0.3) is 0 Å². The number of piperidine rings is 1. The molecule has 0 unspecified atom stereocenters. The van der Waals surface area contributed by atoms with Crippen LogP contribution in [0.3, 0.4) is 0 Å². The molecule has 2 aliphatic rings. The summed E-state index contributed by atoms with van der Waals surface area (Å²) in [5, 5.41) is 3.76. The van der Waals surface area contributed by atoms with Crippen LogP contribution in [-0.2, 0) is 13.0 Å². The van der Waals surface area contributed by atoms with Crippen molar-refractivity contribution in [3.63, 3.8) is 0 Å². The van der Waals surface area contributed by atoms with Crippen molar-refractivity contribution in [2.24, 2.45) is 5.92 Å². The minimum absolute atomic E-state index is 0. The molecular formula is C18H29ClN2. The van der Waals surface area contributed by atoms with Crippen molar-refractivity contribution in [1.82, 2.24) is 10.2 Å². The van der Waals surface area contributed by atoms with E-state index in [-0.39, 0.29) is 12.4 Å². The number of likely N-dealkylation sites (tertiary alicyclic amines) is 1. The Bertz CT molecular complexity index is 423. The highest BCUT2D eigenvalue weighted by Crippen LogP contribution is 2.28. The summed E-state index contributed by atoms with van der Waals surface area (Å²) in [7, 11) is 0. The van der Waals surface area contributed by atoms with E-state index < -0.39 is 0 Å². The molecule has 3 rings (SSSR count). The van der Waals surface area contributed by atoms with E-state index >= 15 is 0 Å². The van der Waals surface area contributed by atoms with Crippen molar-refractivity contribution >= 4 is 12.4 Å². The Morgan fingerprint density at radius 1 is 1.05 bits per heavy atom. The molecule has 0 spiro atoms. The third-order valence-electron chi connectivity index (χ3n) is 4.87. The van der Waals surface area contributed by atoms with Crippen LogP contribution in [0.5, 0.6) is 0 Å². The van der Waals surface area contributed by atoms with Gasteiger partial charge in [0.05, 0.1) is 0 Å². The van der Waals surface area contributed by atoms with Crippen LogP contribution in [0.1, 0.15) is 43.7 Å². The molecule has 2 nitrogen and oxygen atoms in total. The summed E-state index contributed by atoms with van der Waals surface area (Å²) in [4.78, 5) is 2.63. The zero-order valence-corrected chi connectivity index (χ0v) is 14.0. The number of aryl methyl sites for hydroxylation is 1. The molecule has 2 fully saturated rings. The Morgan fingerprint density at radius 2 is 1.71 bits per heavy atom. The minimum atomic E-state index is 0. The highest BCUT2D eigenvalue weighted by Gasteiger charge is 2.24. The molecule has 0 atom stereocenters. The summed E-state index contributed by atoms with van der Waals surface area (Å²) < 4.78 is 0. The fourth-order valence-corrected chi connectivity index (χ4v) is 3.25. The summed E-state index contributed by atoms with van der Waals surface area (Å²) >= 11 is 0.